The Morgan fingerprint density at radius 2 is 2.05 bits per heavy atom. The van der Waals surface area contributed by atoms with Crippen molar-refractivity contribution in [3.05, 3.63) is 51.4 Å². The Labute approximate surface area is 122 Å². The predicted octanol–water partition coefficient (Wildman–Crippen LogP) is 3.85. The quantitative estimate of drug-likeness (QED) is 0.596. The molecule has 0 spiro atoms. The summed E-state index contributed by atoms with van der Waals surface area (Å²) in [5.41, 5.74) is 1.05. The first-order valence-corrected chi connectivity index (χ1v) is 6.63. The lowest BCUT2D eigenvalue weighted by atomic mass is 10.2. The number of nitrogens with zero attached hydrogens (tertiary/aromatic N) is 2. The molecule has 0 aliphatic rings. The molecule has 0 bridgehead atoms. The van der Waals surface area contributed by atoms with Crippen LogP contribution in [0.4, 0.5) is 5.69 Å². The van der Waals surface area contributed by atoms with Gasteiger partial charge in [0, 0.05) is 0 Å². The van der Waals surface area contributed by atoms with Crippen LogP contribution in [0.1, 0.15) is 30.4 Å². The largest absolute Gasteiger partial charge is 0.494 e. The minimum atomic E-state index is -0.493. The lowest BCUT2D eigenvalue weighted by molar-refractivity contribution is -0.386. The standard InChI is InChI=1S/C15H16N2O4/c1-3-10-20-13-7-4-12(5-8-13)6-9-14-15(17(18)19)11(2)16-21-14/h4-9H,3,10H2,1-2H3/b9-6+. The van der Waals surface area contributed by atoms with Gasteiger partial charge >= 0.3 is 5.69 Å². The average Bonchev–Trinajstić information content (AvgIpc) is 2.85. The fraction of sp³-hybridized carbons (Fsp3) is 0.267. The van der Waals surface area contributed by atoms with Crippen LogP contribution in [0.5, 0.6) is 5.75 Å². The molecule has 0 N–H and O–H groups in total. The van der Waals surface area contributed by atoms with Gasteiger partial charge in [0.1, 0.15) is 5.75 Å². The second kappa shape index (κ2) is 6.69. The van der Waals surface area contributed by atoms with E-state index in [1.807, 2.05) is 31.2 Å². The van der Waals surface area contributed by atoms with Crippen LogP contribution >= 0.6 is 0 Å². The van der Waals surface area contributed by atoms with Crippen LogP contribution in [0.3, 0.4) is 0 Å². The highest BCUT2D eigenvalue weighted by atomic mass is 16.6. The van der Waals surface area contributed by atoms with Gasteiger partial charge in [0.05, 0.1) is 11.5 Å². The Hall–Kier alpha value is -2.63. The molecule has 1 heterocycles. The molecule has 0 atom stereocenters. The third-order valence-electron chi connectivity index (χ3n) is 2.82. The lowest BCUT2D eigenvalue weighted by Crippen LogP contribution is -1.94. The number of rotatable bonds is 6. The van der Waals surface area contributed by atoms with Crippen LogP contribution in [-0.4, -0.2) is 16.7 Å². The summed E-state index contributed by atoms with van der Waals surface area (Å²) in [6.45, 7) is 4.26. The van der Waals surface area contributed by atoms with Gasteiger partial charge in [-0.05, 0) is 37.1 Å². The molecule has 0 radical (unpaired) electrons. The first-order valence-electron chi connectivity index (χ1n) is 6.63. The Morgan fingerprint density at radius 3 is 2.67 bits per heavy atom. The summed E-state index contributed by atoms with van der Waals surface area (Å²) >= 11 is 0. The molecular formula is C15H16N2O4. The summed E-state index contributed by atoms with van der Waals surface area (Å²) in [6, 6.07) is 7.46. The summed E-state index contributed by atoms with van der Waals surface area (Å²) in [7, 11) is 0. The predicted molar refractivity (Wildman–Crippen MR) is 79.1 cm³/mol. The van der Waals surface area contributed by atoms with E-state index >= 15 is 0 Å². The number of benzene rings is 1. The third-order valence-corrected chi connectivity index (χ3v) is 2.82. The van der Waals surface area contributed by atoms with Crippen molar-refractivity contribution in [3.8, 4) is 5.75 Å². The normalized spacial score (nSPS) is 11.0. The molecule has 0 aliphatic heterocycles. The van der Waals surface area contributed by atoms with Crippen LogP contribution < -0.4 is 4.74 Å². The number of aromatic nitrogens is 1. The monoisotopic (exact) mass is 288 g/mol. The van der Waals surface area contributed by atoms with Gasteiger partial charge in [0.2, 0.25) is 5.76 Å². The third kappa shape index (κ3) is 3.68. The average molecular weight is 288 g/mol. The fourth-order valence-corrected chi connectivity index (χ4v) is 1.78. The topological polar surface area (TPSA) is 78.4 Å². The molecule has 2 rings (SSSR count). The van der Waals surface area contributed by atoms with E-state index in [0.29, 0.717) is 6.61 Å². The van der Waals surface area contributed by atoms with Gasteiger partial charge in [-0.25, -0.2) is 0 Å². The highest BCUT2D eigenvalue weighted by molar-refractivity contribution is 5.71. The number of aryl methyl sites for hydroxylation is 1. The Balaban J connectivity index is 2.12. The van der Waals surface area contributed by atoms with Crippen molar-refractivity contribution in [1.82, 2.24) is 5.16 Å². The molecule has 0 unspecified atom stereocenters. The number of hydrogen-bond donors (Lipinski definition) is 0. The zero-order valence-corrected chi connectivity index (χ0v) is 11.9. The molecule has 0 saturated heterocycles. The van der Waals surface area contributed by atoms with Crippen molar-refractivity contribution in [1.29, 1.82) is 0 Å². The first-order chi connectivity index (χ1) is 10.1. The van der Waals surface area contributed by atoms with Gasteiger partial charge in [-0.3, -0.25) is 10.1 Å². The molecular weight excluding hydrogens is 272 g/mol. The SMILES string of the molecule is CCCOc1ccc(/C=C/c2onc(C)c2[N+](=O)[O-])cc1. The summed E-state index contributed by atoms with van der Waals surface area (Å²) in [5.74, 6) is 0.944. The van der Waals surface area contributed by atoms with E-state index in [9.17, 15) is 10.1 Å². The van der Waals surface area contributed by atoms with Crippen LogP contribution in [0.2, 0.25) is 0 Å². The van der Waals surface area contributed by atoms with Gasteiger partial charge in [0.15, 0.2) is 5.69 Å². The summed E-state index contributed by atoms with van der Waals surface area (Å²) in [5, 5.41) is 14.5. The van der Waals surface area contributed by atoms with Crippen LogP contribution in [-0.2, 0) is 0 Å². The molecule has 1 aromatic heterocycles. The Bertz CT molecular complexity index is 644. The lowest BCUT2D eigenvalue weighted by Gasteiger charge is -2.03. The molecule has 110 valence electrons. The van der Waals surface area contributed by atoms with Crippen LogP contribution in [0.15, 0.2) is 28.8 Å². The molecule has 6 heteroatoms. The molecule has 21 heavy (non-hydrogen) atoms. The number of nitro groups is 1. The summed E-state index contributed by atoms with van der Waals surface area (Å²) < 4.78 is 10.4. The molecule has 0 aliphatic carbocycles. The zero-order valence-electron chi connectivity index (χ0n) is 11.9. The van der Waals surface area contributed by atoms with E-state index in [0.717, 1.165) is 17.7 Å². The molecule has 0 amide bonds. The van der Waals surface area contributed by atoms with Gasteiger partial charge in [-0.15, -0.1) is 0 Å². The second-order valence-electron chi connectivity index (χ2n) is 4.49. The molecule has 2 aromatic rings. The van der Waals surface area contributed by atoms with E-state index in [-0.39, 0.29) is 17.1 Å². The van der Waals surface area contributed by atoms with E-state index in [4.69, 9.17) is 9.26 Å². The molecule has 1 aromatic carbocycles. The van der Waals surface area contributed by atoms with E-state index in [2.05, 4.69) is 5.16 Å². The van der Waals surface area contributed by atoms with E-state index in [1.54, 1.807) is 19.1 Å². The van der Waals surface area contributed by atoms with Gasteiger partial charge in [-0.1, -0.05) is 30.3 Å². The maximum absolute atomic E-state index is 10.9. The first kappa shape index (κ1) is 14.8. The van der Waals surface area contributed by atoms with Gasteiger partial charge < -0.3 is 9.26 Å². The van der Waals surface area contributed by atoms with Crippen molar-refractivity contribution < 1.29 is 14.2 Å². The zero-order chi connectivity index (χ0) is 15.2. The fourth-order valence-electron chi connectivity index (χ4n) is 1.78. The Kier molecular flexibility index (Phi) is 4.71. The van der Waals surface area contributed by atoms with Crippen molar-refractivity contribution in [2.45, 2.75) is 20.3 Å². The van der Waals surface area contributed by atoms with E-state index in [1.165, 1.54) is 0 Å². The van der Waals surface area contributed by atoms with Crippen molar-refractivity contribution in [2.24, 2.45) is 0 Å². The maximum Gasteiger partial charge on any atom is 0.338 e. The van der Waals surface area contributed by atoms with Crippen LogP contribution in [0, 0.1) is 17.0 Å². The van der Waals surface area contributed by atoms with E-state index < -0.39 is 4.92 Å². The minimum Gasteiger partial charge on any atom is -0.494 e. The van der Waals surface area contributed by atoms with Crippen molar-refractivity contribution >= 4 is 17.8 Å². The Morgan fingerprint density at radius 1 is 1.33 bits per heavy atom. The maximum atomic E-state index is 10.9. The number of hydrogen-bond acceptors (Lipinski definition) is 5. The molecule has 0 fully saturated rings. The van der Waals surface area contributed by atoms with Gasteiger partial charge in [-0.2, -0.15) is 0 Å². The van der Waals surface area contributed by atoms with Crippen molar-refractivity contribution in [3.63, 3.8) is 0 Å². The highest BCUT2D eigenvalue weighted by Crippen LogP contribution is 2.24. The number of ether oxygens (including phenoxy) is 1. The summed E-state index contributed by atoms with van der Waals surface area (Å²) in [4.78, 5) is 10.4. The molecule has 6 nitrogen and oxygen atoms in total. The molecule has 0 saturated carbocycles. The smallest absolute Gasteiger partial charge is 0.338 e. The summed E-state index contributed by atoms with van der Waals surface area (Å²) in [6.07, 6.45) is 4.23. The second-order valence-corrected chi connectivity index (χ2v) is 4.49. The minimum absolute atomic E-state index is 0.103. The van der Waals surface area contributed by atoms with Crippen molar-refractivity contribution in [2.75, 3.05) is 6.61 Å². The van der Waals surface area contributed by atoms with Gasteiger partial charge in [0.25, 0.3) is 0 Å². The highest BCUT2D eigenvalue weighted by Gasteiger charge is 2.21. The van der Waals surface area contributed by atoms with Crippen LogP contribution in [0.25, 0.3) is 12.2 Å².